The molecule has 0 aliphatic carbocycles. The van der Waals surface area contributed by atoms with Gasteiger partial charge in [0, 0.05) is 11.3 Å². The number of hydrogen-bond acceptors (Lipinski definition) is 5. The van der Waals surface area contributed by atoms with Gasteiger partial charge in [0.05, 0.1) is 28.8 Å². The Labute approximate surface area is 206 Å². The van der Waals surface area contributed by atoms with Crippen molar-refractivity contribution in [3.63, 3.8) is 0 Å². The minimum Gasteiger partial charge on any atom is -0.508 e. The molecule has 8 heteroatoms. The number of ketones is 1. The Balaban J connectivity index is 1.99. The number of rotatable bonds is 4. The molecule has 0 saturated carbocycles. The van der Waals surface area contributed by atoms with Crippen LogP contribution in [-0.4, -0.2) is 29.0 Å². The normalized spacial score (nSPS) is 17.3. The average molecular weight is 498 g/mol. The van der Waals surface area contributed by atoms with Crippen LogP contribution in [0.2, 0.25) is 10.0 Å². The Morgan fingerprint density at radius 1 is 0.971 bits per heavy atom. The van der Waals surface area contributed by atoms with E-state index < -0.39 is 17.7 Å². The molecule has 1 amide bonds. The zero-order chi connectivity index (χ0) is 24.7. The monoisotopic (exact) mass is 497 g/mol. The summed E-state index contributed by atoms with van der Waals surface area (Å²) in [6, 6.07) is 13.2. The fraction of sp³-hybridized carbons (Fsp3) is 0.154. The second kappa shape index (κ2) is 9.05. The van der Waals surface area contributed by atoms with E-state index in [1.165, 1.54) is 29.2 Å². The lowest BCUT2D eigenvalue weighted by Crippen LogP contribution is -2.29. The number of halogens is 2. The number of anilines is 1. The second-order valence-corrected chi connectivity index (χ2v) is 8.81. The maximum atomic E-state index is 13.3. The number of amides is 1. The molecule has 2 N–H and O–H groups in total. The van der Waals surface area contributed by atoms with Crippen LogP contribution < -0.4 is 9.64 Å². The van der Waals surface area contributed by atoms with Crippen molar-refractivity contribution in [3.05, 3.63) is 92.5 Å². The number of aliphatic hydroxyl groups excluding tert-OH is 1. The summed E-state index contributed by atoms with van der Waals surface area (Å²) < 4.78 is 5.35. The largest absolute Gasteiger partial charge is 0.508 e. The lowest BCUT2D eigenvalue weighted by atomic mass is 9.93. The third kappa shape index (κ3) is 4.00. The maximum Gasteiger partial charge on any atom is 0.300 e. The number of carbonyl (C=O) groups is 2. The number of phenols is 1. The van der Waals surface area contributed by atoms with Gasteiger partial charge >= 0.3 is 0 Å². The first-order valence-corrected chi connectivity index (χ1v) is 11.1. The van der Waals surface area contributed by atoms with Crippen LogP contribution >= 0.6 is 23.2 Å². The van der Waals surface area contributed by atoms with Crippen molar-refractivity contribution in [2.45, 2.75) is 19.9 Å². The highest BCUT2D eigenvalue weighted by atomic mass is 35.5. The summed E-state index contributed by atoms with van der Waals surface area (Å²) in [5.74, 6) is -1.43. The number of aromatic hydroxyl groups is 1. The van der Waals surface area contributed by atoms with Crippen LogP contribution in [0.5, 0.6) is 11.5 Å². The van der Waals surface area contributed by atoms with Crippen molar-refractivity contribution in [1.29, 1.82) is 0 Å². The van der Waals surface area contributed by atoms with Gasteiger partial charge in [-0.3, -0.25) is 14.5 Å². The van der Waals surface area contributed by atoms with E-state index in [2.05, 4.69) is 0 Å². The summed E-state index contributed by atoms with van der Waals surface area (Å²) in [6.45, 7) is 3.59. The topological polar surface area (TPSA) is 87.1 Å². The number of hydrogen-bond donors (Lipinski definition) is 2. The molecule has 1 heterocycles. The zero-order valence-electron chi connectivity index (χ0n) is 18.6. The molecule has 6 nitrogen and oxygen atoms in total. The predicted molar refractivity (Wildman–Crippen MR) is 132 cm³/mol. The molecule has 0 bridgehead atoms. The molecule has 3 aromatic carbocycles. The number of ether oxygens (including phenoxy) is 1. The highest BCUT2D eigenvalue weighted by molar-refractivity contribution is 6.52. The molecule has 1 aliphatic rings. The van der Waals surface area contributed by atoms with Crippen LogP contribution in [-0.2, 0) is 9.59 Å². The number of phenolic OH excluding ortho intramolecular Hbond substituents is 1. The molecule has 1 saturated heterocycles. The van der Waals surface area contributed by atoms with E-state index in [1.807, 2.05) is 6.92 Å². The number of carbonyl (C=O) groups excluding carboxylic acids is 2. The molecule has 1 atom stereocenters. The van der Waals surface area contributed by atoms with Crippen LogP contribution in [0, 0.1) is 13.8 Å². The second-order valence-electron chi connectivity index (χ2n) is 8.00. The molecule has 1 fully saturated rings. The predicted octanol–water partition coefficient (Wildman–Crippen LogP) is 5.95. The molecule has 1 unspecified atom stereocenters. The molecule has 174 valence electrons. The fourth-order valence-electron chi connectivity index (χ4n) is 4.15. The lowest BCUT2D eigenvalue weighted by molar-refractivity contribution is -0.132. The van der Waals surface area contributed by atoms with Crippen LogP contribution in [0.3, 0.4) is 0 Å². The Morgan fingerprint density at radius 2 is 1.71 bits per heavy atom. The van der Waals surface area contributed by atoms with Gasteiger partial charge in [-0.1, -0.05) is 35.3 Å². The fourth-order valence-corrected chi connectivity index (χ4v) is 4.45. The van der Waals surface area contributed by atoms with E-state index >= 15 is 0 Å². The van der Waals surface area contributed by atoms with Crippen molar-refractivity contribution in [2.75, 3.05) is 12.0 Å². The molecule has 1 aliphatic heterocycles. The Kier molecular flexibility index (Phi) is 6.30. The lowest BCUT2D eigenvalue weighted by Gasteiger charge is -2.26. The van der Waals surface area contributed by atoms with Crippen LogP contribution in [0.15, 0.2) is 60.2 Å². The number of aliphatic hydroxyl groups is 1. The summed E-state index contributed by atoms with van der Waals surface area (Å²) in [6.07, 6.45) is 0. The number of methoxy groups -OCH3 is 1. The number of nitrogens with zero attached hydrogens (tertiary/aromatic N) is 1. The minimum absolute atomic E-state index is 0.0475. The van der Waals surface area contributed by atoms with Crippen LogP contribution in [0.1, 0.15) is 28.3 Å². The maximum absolute atomic E-state index is 13.3. The van der Waals surface area contributed by atoms with Gasteiger partial charge in [-0.15, -0.1) is 0 Å². The van der Waals surface area contributed by atoms with Gasteiger partial charge in [0.15, 0.2) is 0 Å². The molecule has 0 radical (unpaired) electrons. The Bertz CT molecular complexity index is 1370. The van der Waals surface area contributed by atoms with E-state index in [1.54, 1.807) is 44.4 Å². The summed E-state index contributed by atoms with van der Waals surface area (Å²) in [5, 5.41) is 22.0. The summed E-state index contributed by atoms with van der Waals surface area (Å²) in [5.41, 5.74) is 2.48. The number of Topliss-reactive ketones (excluding diaryl/α,β-unsaturated/α-hetero) is 1. The van der Waals surface area contributed by atoms with Crippen molar-refractivity contribution in [1.82, 2.24) is 0 Å². The van der Waals surface area contributed by atoms with Gasteiger partial charge in [-0.25, -0.2) is 0 Å². The van der Waals surface area contributed by atoms with Gasteiger partial charge in [0.25, 0.3) is 11.7 Å². The molecule has 34 heavy (non-hydrogen) atoms. The summed E-state index contributed by atoms with van der Waals surface area (Å²) in [4.78, 5) is 27.8. The summed E-state index contributed by atoms with van der Waals surface area (Å²) >= 11 is 12.2. The minimum atomic E-state index is -1.01. The first-order valence-electron chi connectivity index (χ1n) is 10.3. The van der Waals surface area contributed by atoms with Crippen molar-refractivity contribution in [2.24, 2.45) is 0 Å². The van der Waals surface area contributed by atoms with E-state index in [0.717, 1.165) is 5.56 Å². The Hall–Kier alpha value is -3.48. The van der Waals surface area contributed by atoms with Crippen LogP contribution in [0.25, 0.3) is 5.76 Å². The van der Waals surface area contributed by atoms with E-state index in [0.29, 0.717) is 33.1 Å². The van der Waals surface area contributed by atoms with Gasteiger partial charge in [0.1, 0.15) is 17.3 Å². The average Bonchev–Trinajstić information content (AvgIpc) is 3.07. The molecule has 0 aromatic heterocycles. The smallest absolute Gasteiger partial charge is 0.300 e. The molecule has 3 aromatic rings. The molecule has 4 rings (SSSR count). The first-order chi connectivity index (χ1) is 16.1. The van der Waals surface area contributed by atoms with Crippen LogP contribution in [0.4, 0.5) is 5.69 Å². The van der Waals surface area contributed by atoms with Crippen molar-refractivity contribution >= 4 is 46.3 Å². The van der Waals surface area contributed by atoms with Gasteiger partial charge < -0.3 is 14.9 Å². The Morgan fingerprint density at radius 3 is 2.35 bits per heavy atom. The van der Waals surface area contributed by atoms with Crippen molar-refractivity contribution < 1.29 is 24.5 Å². The first kappa shape index (κ1) is 23.7. The number of benzene rings is 3. The summed E-state index contributed by atoms with van der Waals surface area (Å²) in [7, 11) is 1.55. The third-order valence-electron chi connectivity index (χ3n) is 5.81. The third-order valence-corrected chi connectivity index (χ3v) is 6.55. The number of aryl methyl sites for hydroxylation is 2. The molecular weight excluding hydrogens is 477 g/mol. The van der Waals surface area contributed by atoms with Gasteiger partial charge in [-0.05, 0) is 73.0 Å². The zero-order valence-corrected chi connectivity index (χ0v) is 20.1. The van der Waals surface area contributed by atoms with Gasteiger partial charge in [0.2, 0.25) is 0 Å². The van der Waals surface area contributed by atoms with E-state index in [-0.39, 0.29) is 22.1 Å². The highest BCUT2D eigenvalue weighted by Crippen LogP contribution is 2.44. The SMILES string of the molecule is COc1cc(C)c(/C(O)=C2\C(=O)C(=O)N(c3ccc(Cl)c(Cl)c3)C2c2cccc(O)c2)cc1C. The standard InChI is InChI=1S/C26H21Cl2NO5/c1-13-10-21(34-3)14(2)9-18(13)24(31)22-23(15-5-4-6-17(30)11-15)29(26(33)25(22)32)16-7-8-19(27)20(28)12-16/h4-12,23,30-31H,1-3H3/b24-22+. The quantitative estimate of drug-likeness (QED) is 0.264. The molecule has 0 spiro atoms. The van der Waals surface area contributed by atoms with E-state index in [4.69, 9.17) is 27.9 Å². The van der Waals surface area contributed by atoms with E-state index in [9.17, 15) is 19.8 Å². The molecular formula is C26H21Cl2NO5. The highest BCUT2D eigenvalue weighted by Gasteiger charge is 2.47. The van der Waals surface area contributed by atoms with Gasteiger partial charge in [-0.2, -0.15) is 0 Å². The van der Waals surface area contributed by atoms with Crippen molar-refractivity contribution in [3.8, 4) is 11.5 Å².